The molecule has 6 heteroatoms. The third kappa shape index (κ3) is 2.53. The summed E-state index contributed by atoms with van der Waals surface area (Å²) >= 11 is 1.18. The van der Waals surface area contributed by atoms with E-state index in [1.807, 2.05) is 36.4 Å². The van der Waals surface area contributed by atoms with Crippen molar-refractivity contribution in [3.8, 4) is 17.4 Å². The van der Waals surface area contributed by atoms with E-state index in [9.17, 15) is 0 Å². The number of oxazole rings is 1. The van der Waals surface area contributed by atoms with Crippen molar-refractivity contribution in [3.05, 3.63) is 54.6 Å². The second-order valence-corrected chi connectivity index (χ2v) is 4.72. The Balaban J connectivity index is 1.87. The third-order valence-corrected chi connectivity index (χ3v) is 3.35. The molecule has 0 amide bonds. The smallest absolute Gasteiger partial charge is 0.262 e. The SMILES string of the molecule is N#Cc1nccnc1Sc1ncc(-c2ccccc2)o1. The zero-order valence-corrected chi connectivity index (χ0v) is 11.0. The molecular formula is C14H8N4OS. The van der Waals surface area contributed by atoms with E-state index in [1.165, 1.54) is 24.2 Å². The molecule has 0 aliphatic rings. The van der Waals surface area contributed by atoms with Gasteiger partial charge in [0, 0.05) is 18.0 Å². The van der Waals surface area contributed by atoms with Gasteiger partial charge in [-0.25, -0.2) is 15.0 Å². The van der Waals surface area contributed by atoms with Crippen molar-refractivity contribution < 1.29 is 4.42 Å². The van der Waals surface area contributed by atoms with Crippen LogP contribution >= 0.6 is 11.8 Å². The van der Waals surface area contributed by atoms with Gasteiger partial charge in [0.05, 0.1) is 6.20 Å². The summed E-state index contributed by atoms with van der Waals surface area (Å²) in [5.41, 5.74) is 1.21. The highest BCUT2D eigenvalue weighted by atomic mass is 32.2. The van der Waals surface area contributed by atoms with Crippen LogP contribution in [0.2, 0.25) is 0 Å². The van der Waals surface area contributed by atoms with E-state index in [4.69, 9.17) is 9.68 Å². The molecule has 3 aromatic rings. The summed E-state index contributed by atoms with van der Waals surface area (Å²) in [7, 11) is 0. The van der Waals surface area contributed by atoms with E-state index in [1.54, 1.807) is 6.20 Å². The lowest BCUT2D eigenvalue weighted by Gasteiger charge is -1.97. The maximum Gasteiger partial charge on any atom is 0.262 e. The highest BCUT2D eigenvalue weighted by Gasteiger charge is 2.12. The van der Waals surface area contributed by atoms with Crippen LogP contribution in [0.25, 0.3) is 11.3 Å². The number of hydrogen-bond acceptors (Lipinski definition) is 6. The number of nitrogens with zero attached hydrogens (tertiary/aromatic N) is 4. The first kappa shape index (κ1) is 12.4. The Labute approximate surface area is 119 Å². The van der Waals surface area contributed by atoms with E-state index in [0.717, 1.165) is 5.56 Å². The highest BCUT2D eigenvalue weighted by Crippen LogP contribution is 2.30. The van der Waals surface area contributed by atoms with Gasteiger partial charge in [-0.1, -0.05) is 30.3 Å². The van der Waals surface area contributed by atoms with Crippen molar-refractivity contribution in [3.63, 3.8) is 0 Å². The summed E-state index contributed by atoms with van der Waals surface area (Å²) in [5.74, 6) is 0.676. The molecule has 0 bridgehead atoms. The van der Waals surface area contributed by atoms with E-state index < -0.39 is 0 Å². The molecule has 2 aromatic heterocycles. The van der Waals surface area contributed by atoms with Crippen LogP contribution in [-0.2, 0) is 0 Å². The largest absolute Gasteiger partial charge is 0.431 e. The van der Waals surface area contributed by atoms with Crippen molar-refractivity contribution in [2.75, 3.05) is 0 Å². The second kappa shape index (κ2) is 5.55. The van der Waals surface area contributed by atoms with E-state index >= 15 is 0 Å². The lowest BCUT2D eigenvalue weighted by Crippen LogP contribution is -1.89. The predicted molar refractivity (Wildman–Crippen MR) is 72.8 cm³/mol. The van der Waals surface area contributed by atoms with Gasteiger partial charge < -0.3 is 4.42 Å². The molecule has 0 N–H and O–H groups in total. The molecule has 0 spiro atoms. The summed E-state index contributed by atoms with van der Waals surface area (Å²) in [4.78, 5) is 12.2. The summed E-state index contributed by atoms with van der Waals surface area (Å²) in [6.07, 6.45) is 4.66. The summed E-state index contributed by atoms with van der Waals surface area (Å²) in [6, 6.07) is 11.7. The van der Waals surface area contributed by atoms with Gasteiger partial charge >= 0.3 is 0 Å². The van der Waals surface area contributed by atoms with Gasteiger partial charge in [-0.2, -0.15) is 5.26 Å². The maximum absolute atomic E-state index is 8.96. The zero-order chi connectivity index (χ0) is 13.8. The number of nitriles is 1. The Morgan fingerprint density at radius 1 is 1.05 bits per heavy atom. The minimum Gasteiger partial charge on any atom is -0.431 e. The molecule has 0 aliphatic carbocycles. The van der Waals surface area contributed by atoms with Crippen LogP contribution in [0.4, 0.5) is 0 Å². The Morgan fingerprint density at radius 2 is 1.85 bits per heavy atom. The first-order valence-corrected chi connectivity index (χ1v) is 6.58. The maximum atomic E-state index is 8.96. The Hall–Kier alpha value is -2.65. The number of rotatable bonds is 3. The molecular weight excluding hydrogens is 272 g/mol. The number of hydrogen-bond donors (Lipinski definition) is 0. The molecule has 20 heavy (non-hydrogen) atoms. The minimum absolute atomic E-state index is 0.261. The van der Waals surface area contributed by atoms with Crippen LogP contribution in [0.3, 0.4) is 0 Å². The third-order valence-electron chi connectivity index (χ3n) is 2.50. The number of aromatic nitrogens is 3. The lowest BCUT2D eigenvalue weighted by atomic mass is 10.2. The van der Waals surface area contributed by atoms with Crippen LogP contribution in [0.15, 0.2) is 63.6 Å². The average molecular weight is 280 g/mol. The highest BCUT2D eigenvalue weighted by molar-refractivity contribution is 7.99. The van der Waals surface area contributed by atoms with Crippen LogP contribution in [0.5, 0.6) is 0 Å². The van der Waals surface area contributed by atoms with Crippen LogP contribution in [-0.4, -0.2) is 15.0 Å². The molecule has 0 saturated carbocycles. The molecule has 0 unspecified atom stereocenters. The normalized spacial score (nSPS) is 10.2. The monoisotopic (exact) mass is 280 g/mol. The van der Waals surface area contributed by atoms with E-state index in [0.29, 0.717) is 16.0 Å². The molecule has 2 heterocycles. The first-order chi connectivity index (χ1) is 9.86. The van der Waals surface area contributed by atoms with Crippen molar-refractivity contribution in [1.29, 1.82) is 5.26 Å². The number of benzene rings is 1. The Kier molecular flexibility index (Phi) is 3.44. The fraction of sp³-hybridized carbons (Fsp3) is 0. The lowest BCUT2D eigenvalue weighted by molar-refractivity contribution is 0.466. The standard InChI is InChI=1S/C14H8N4OS/c15-8-11-13(17-7-6-16-11)20-14-18-9-12(19-14)10-4-2-1-3-5-10/h1-7,9H. The topological polar surface area (TPSA) is 75.6 Å². The Morgan fingerprint density at radius 3 is 2.65 bits per heavy atom. The molecule has 0 radical (unpaired) electrons. The minimum atomic E-state index is 0.261. The van der Waals surface area contributed by atoms with Crippen LogP contribution in [0, 0.1) is 11.3 Å². The molecule has 5 nitrogen and oxygen atoms in total. The average Bonchev–Trinajstić information content (AvgIpc) is 2.97. The fourth-order valence-corrected chi connectivity index (χ4v) is 2.31. The first-order valence-electron chi connectivity index (χ1n) is 5.77. The molecule has 0 saturated heterocycles. The summed E-state index contributed by atoms with van der Waals surface area (Å²) < 4.78 is 5.65. The molecule has 1 aromatic carbocycles. The summed E-state index contributed by atoms with van der Waals surface area (Å²) in [5, 5.41) is 9.88. The van der Waals surface area contributed by atoms with Gasteiger partial charge in [-0.3, -0.25) is 0 Å². The molecule has 3 rings (SSSR count). The van der Waals surface area contributed by atoms with Gasteiger partial charge in [0.15, 0.2) is 11.5 Å². The Bertz CT molecular complexity index is 764. The van der Waals surface area contributed by atoms with Gasteiger partial charge in [-0.15, -0.1) is 0 Å². The van der Waals surface area contributed by atoms with Crippen LogP contribution < -0.4 is 0 Å². The molecule has 0 aliphatic heterocycles. The van der Waals surface area contributed by atoms with Crippen molar-refractivity contribution in [2.24, 2.45) is 0 Å². The van der Waals surface area contributed by atoms with Crippen molar-refractivity contribution in [1.82, 2.24) is 15.0 Å². The molecule has 0 atom stereocenters. The van der Waals surface area contributed by atoms with Gasteiger partial charge in [-0.05, 0) is 11.8 Å². The quantitative estimate of drug-likeness (QED) is 0.733. The second-order valence-electron chi connectivity index (χ2n) is 3.78. The van der Waals surface area contributed by atoms with E-state index in [-0.39, 0.29) is 5.69 Å². The van der Waals surface area contributed by atoms with Crippen molar-refractivity contribution in [2.45, 2.75) is 10.2 Å². The van der Waals surface area contributed by atoms with Crippen molar-refractivity contribution >= 4 is 11.8 Å². The van der Waals surface area contributed by atoms with Gasteiger partial charge in [0.1, 0.15) is 11.1 Å². The summed E-state index contributed by atoms with van der Waals surface area (Å²) in [6.45, 7) is 0. The van der Waals surface area contributed by atoms with Crippen LogP contribution in [0.1, 0.15) is 5.69 Å². The predicted octanol–water partition coefficient (Wildman–Crippen LogP) is 3.15. The molecule has 0 fully saturated rings. The van der Waals surface area contributed by atoms with Gasteiger partial charge in [0.25, 0.3) is 5.22 Å². The zero-order valence-electron chi connectivity index (χ0n) is 10.2. The molecule has 96 valence electrons. The fourth-order valence-electron chi connectivity index (χ4n) is 1.60. The van der Waals surface area contributed by atoms with E-state index in [2.05, 4.69) is 15.0 Å². The van der Waals surface area contributed by atoms with Gasteiger partial charge in [0.2, 0.25) is 0 Å².